The highest BCUT2D eigenvalue weighted by Gasteiger charge is 2.08. The van der Waals surface area contributed by atoms with Gasteiger partial charge in [0.25, 0.3) is 6.48 Å². The number of rotatable bonds is 8. The van der Waals surface area contributed by atoms with Crippen molar-refractivity contribution < 1.29 is 18.3 Å². The van der Waals surface area contributed by atoms with Crippen LogP contribution < -0.4 is 0 Å². The molecule has 0 aliphatic carbocycles. The maximum atomic E-state index is 12.9. The third kappa shape index (κ3) is 5.93. The maximum absolute atomic E-state index is 12.9. The average molecular weight is 256 g/mol. The lowest BCUT2D eigenvalue weighted by Gasteiger charge is -2.16. The zero-order chi connectivity index (χ0) is 12.5. The number of hydrogen-bond acceptors (Lipinski definition) is 3. The largest absolute Gasteiger partial charge is 0.372 e. The first kappa shape index (κ1) is 14.3. The van der Waals surface area contributed by atoms with Crippen molar-refractivity contribution in [3.8, 4) is 0 Å². The second-order valence-electron chi connectivity index (χ2n) is 3.27. The summed E-state index contributed by atoms with van der Waals surface area (Å²) in [6.45, 7) is 4.22. The van der Waals surface area contributed by atoms with Crippen molar-refractivity contribution in [1.82, 2.24) is 0 Å². The first-order chi connectivity index (χ1) is 8.26. The van der Waals surface area contributed by atoms with E-state index >= 15 is 0 Å². The van der Waals surface area contributed by atoms with Gasteiger partial charge in [-0.05, 0) is 37.6 Å². The number of ether oxygens (including phenoxy) is 2. The number of hydrogen-bond donors (Lipinski definition) is 0. The van der Waals surface area contributed by atoms with Gasteiger partial charge in [-0.3, -0.25) is 0 Å². The van der Waals surface area contributed by atoms with Gasteiger partial charge in [0.1, 0.15) is 5.82 Å². The van der Waals surface area contributed by atoms with Gasteiger partial charge < -0.3 is 13.9 Å². The lowest BCUT2D eigenvalue weighted by atomic mass is 10.2. The second kappa shape index (κ2) is 8.35. The van der Waals surface area contributed by atoms with Crippen LogP contribution in [0, 0.1) is 5.82 Å². The molecule has 0 N–H and O–H groups in total. The molecule has 1 aromatic rings. The normalized spacial score (nSPS) is 11.1. The summed E-state index contributed by atoms with van der Waals surface area (Å²) in [5.74, 6) is -0.224. The van der Waals surface area contributed by atoms with E-state index in [4.69, 9.17) is 13.9 Å². The summed E-state index contributed by atoms with van der Waals surface area (Å²) in [6, 6.07) is 7.16. The van der Waals surface area contributed by atoms with Crippen LogP contribution in [0.5, 0.6) is 0 Å². The van der Waals surface area contributed by atoms with Gasteiger partial charge in [0.2, 0.25) is 9.76 Å². The van der Waals surface area contributed by atoms with Gasteiger partial charge in [-0.2, -0.15) is 0 Å². The second-order valence-corrected chi connectivity index (χ2v) is 4.15. The van der Waals surface area contributed by atoms with E-state index in [1.807, 2.05) is 19.9 Å². The van der Waals surface area contributed by atoms with Crippen molar-refractivity contribution in [2.75, 3.05) is 13.2 Å². The quantitative estimate of drug-likeness (QED) is 0.528. The molecule has 3 nitrogen and oxygen atoms in total. The fourth-order valence-corrected chi connectivity index (χ4v) is 1.97. The first-order valence-electron chi connectivity index (χ1n) is 5.62. The zero-order valence-electron chi connectivity index (χ0n) is 10.1. The van der Waals surface area contributed by atoms with E-state index < -0.39 is 6.48 Å². The molecule has 1 aromatic carbocycles. The van der Waals surface area contributed by atoms with E-state index in [9.17, 15) is 4.39 Å². The zero-order valence-corrected chi connectivity index (χ0v) is 11.1. The summed E-state index contributed by atoms with van der Waals surface area (Å²) in [6.07, 6.45) is 0. The summed E-state index contributed by atoms with van der Waals surface area (Å²) < 4.78 is 28.8. The highest BCUT2D eigenvalue weighted by molar-refractivity contribution is 6.26. The SMILES string of the molecule is CCOC(OCC)O[Si]Cc1cccc(F)c1. The van der Waals surface area contributed by atoms with Crippen molar-refractivity contribution in [3.05, 3.63) is 35.6 Å². The Morgan fingerprint density at radius 3 is 2.53 bits per heavy atom. The average Bonchev–Trinajstić information content (AvgIpc) is 2.30. The summed E-state index contributed by atoms with van der Waals surface area (Å²) in [5, 5.41) is 0. The van der Waals surface area contributed by atoms with Gasteiger partial charge in [-0.1, -0.05) is 12.1 Å². The Morgan fingerprint density at radius 1 is 1.24 bits per heavy atom. The molecule has 5 heteroatoms. The molecule has 0 unspecified atom stereocenters. The van der Waals surface area contributed by atoms with E-state index in [1.165, 1.54) is 12.1 Å². The summed E-state index contributed by atoms with van der Waals surface area (Å²) in [4.78, 5) is 0. The number of halogens is 1. The van der Waals surface area contributed by atoms with Gasteiger partial charge in [0.05, 0.1) is 0 Å². The molecule has 0 atom stereocenters. The van der Waals surface area contributed by atoms with Crippen LogP contribution in [-0.4, -0.2) is 29.5 Å². The van der Waals surface area contributed by atoms with Crippen LogP contribution in [0.25, 0.3) is 0 Å². The van der Waals surface area contributed by atoms with Crippen LogP contribution in [-0.2, 0) is 19.9 Å². The Kier molecular flexibility index (Phi) is 7.03. The highest BCUT2D eigenvalue weighted by atomic mass is 28.2. The lowest BCUT2D eigenvalue weighted by Crippen LogP contribution is -2.24. The minimum Gasteiger partial charge on any atom is -0.372 e. The monoisotopic (exact) mass is 256 g/mol. The van der Waals surface area contributed by atoms with Crippen LogP contribution >= 0.6 is 0 Å². The maximum Gasteiger partial charge on any atom is 0.261 e. The molecule has 1 rings (SSSR count). The van der Waals surface area contributed by atoms with Crippen molar-refractivity contribution >= 4 is 9.76 Å². The van der Waals surface area contributed by atoms with Crippen LogP contribution in [0.4, 0.5) is 4.39 Å². The van der Waals surface area contributed by atoms with E-state index in [-0.39, 0.29) is 15.6 Å². The molecule has 0 saturated heterocycles. The molecule has 0 spiro atoms. The smallest absolute Gasteiger partial charge is 0.261 e. The Labute approximate surface area is 104 Å². The van der Waals surface area contributed by atoms with E-state index in [1.54, 1.807) is 6.07 Å². The lowest BCUT2D eigenvalue weighted by molar-refractivity contribution is -0.243. The molecule has 0 heterocycles. The van der Waals surface area contributed by atoms with Crippen molar-refractivity contribution in [2.24, 2.45) is 0 Å². The van der Waals surface area contributed by atoms with Crippen molar-refractivity contribution in [1.29, 1.82) is 0 Å². The molecule has 2 radical (unpaired) electrons. The molecular weight excluding hydrogens is 239 g/mol. The van der Waals surface area contributed by atoms with Crippen LogP contribution in [0.3, 0.4) is 0 Å². The Hall–Kier alpha value is -0.753. The van der Waals surface area contributed by atoms with E-state index in [0.29, 0.717) is 19.3 Å². The molecule has 0 aliphatic heterocycles. The molecule has 0 bridgehead atoms. The van der Waals surface area contributed by atoms with Gasteiger partial charge in [-0.25, -0.2) is 4.39 Å². The van der Waals surface area contributed by atoms with Gasteiger partial charge in [-0.15, -0.1) is 0 Å². The van der Waals surface area contributed by atoms with Gasteiger partial charge in [0.15, 0.2) is 0 Å². The molecule has 94 valence electrons. The van der Waals surface area contributed by atoms with Crippen LogP contribution in [0.1, 0.15) is 19.4 Å². The molecule has 17 heavy (non-hydrogen) atoms. The first-order valence-corrected chi connectivity index (χ1v) is 6.74. The summed E-state index contributed by atoms with van der Waals surface area (Å²) in [5.41, 5.74) is 0.912. The van der Waals surface area contributed by atoms with E-state index in [2.05, 4.69) is 0 Å². The fraction of sp³-hybridized carbons (Fsp3) is 0.500. The standard InChI is InChI=1S/C12H17FO3Si/c1-3-14-12(15-4-2)16-17-9-10-6-5-7-11(13)8-10/h5-8,12H,3-4,9H2,1-2H3. The molecule has 0 aromatic heterocycles. The molecular formula is C12H17FO3Si. The predicted molar refractivity (Wildman–Crippen MR) is 64.0 cm³/mol. The molecule has 0 fully saturated rings. The third-order valence-corrected chi connectivity index (χ3v) is 2.86. The van der Waals surface area contributed by atoms with Crippen molar-refractivity contribution in [3.63, 3.8) is 0 Å². The Bertz CT molecular complexity index is 316. The van der Waals surface area contributed by atoms with Gasteiger partial charge in [0, 0.05) is 13.2 Å². The van der Waals surface area contributed by atoms with E-state index in [0.717, 1.165) is 5.56 Å². The number of benzene rings is 1. The minimum absolute atomic E-state index is 0.189. The minimum atomic E-state index is -0.614. The van der Waals surface area contributed by atoms with Crippen LogP contribution in [0.15, 0.2) is 24.3 Å². The summed E-state index contributed by atoms with van der Waals surface area (Å²) >= 11 is 0. The summed E-state index contributed by atoms with van der Waals surface area (Å²) in [7, 11) is 0.189. The molecule has 0 aliphatic rings. The fourth-order valence-electron chi connectivity index (χ4n) is 1.23. The van der Waals surface area contributed by atoms with Gasteiger partial charge >= 0.3 is 0 Å². The topological polar surface area (TPSA) is 27.7 Å². The predicted octanol–water partition coefficient (Wildman–Crippen LogP) is 2.32. The Morgan fingerprint density at radius 2 is 1.94 bits per heavy atom. The highest BCUT2D eigenvalue weighted by Crippen LogP contribution is 2.05. The third-order valence-electron chi connectivity index (χ3n) is 1.95. The molecule has 0 amide bonds. The van der Waals surface area contributed by atoms with Crippen molar-refractivity contribution in [2.45, 2.75) is 26.4 Å². The Balaban J connectivity index is 2.30. The molecule has 0 saturated carbocycles. The van der Waals surface area contributed by atoms with Crippen LogP contribution in [0.2, 0.25) is 0 Å².